The lowest BCUT2D eigenvalue weighted by Gasteiger charge is -2.12. The Labute approximate surface area is 206 Å². The van der Waals surface area contributed by atoms with Crippen molar-refractivity contribution in [3.8, 4) is 28.5 Å². The van der Waals surface area contributed by atoms with E-state index in [0.717, 1.165) is 0 Å². The van der Waals surface area contributed by atoms with Crippen LogP contribution >= 0.6 is 0 Å². The van der Waals surface area contributed by atoms with E-state index in [1.807, 2.05) is 18.2 Å². The van der Waals surface area contributed by atoms with E-state index in [0.29, 0.717) is 50.9 Å². The summed E-state index contributed by atoms with van der Waals surface area (Å²) in [6, 6.07) is 19.3. The molecule has 0 aliphatic rings. The Kier molecular flexibility index (Phi) is 5.95. The van der Waals surface area contributed by atoms with Gasteiger partial charge >= 0.3 is 0 Å². The second-order valence-electron chi connectivity index (χ2n) is 7.92. The summed E-state index contributed by atoms with van der Waals surface area (Å²) in [5.74, 6) is 1.49. The molecule has 0 unspecified atom stereocenters. The summed E-state index contributed by atoms with van der Waals surface area (Å²) in [4.78, 5) is 34.7. The average Bonchev–Trinajstić information content (AvgIpc) is 3.39. The molecule has 2 heterocycles. The predicted molar refractivity (Wildman–Crippen MR) is 135 cm³/mol. The third kappa shape index (κ3) is 4.07. The summed E-state index contributed by atoms with van der Waals surface area (Å²) >= 11 is 0. The Morgan fingerprint density at radius 3 is 2.47 bits per heavy atom. The van der Waals surface area contributed by atoms with Crippen LogP contribution in [-0.2, 0) is 0 Å². The number of ether oxygens (including phenoxy) is 2. The molecule has 9 nitrogen and oxygen atoms in total. The van der Waals surface area contributed by atoms with Crippen LogP contribution in [0.2, 0.25) is 0 Å². The predicted octanol–water partition coefficient (Wildman–Crippen LogP) is 4.62. The molecule has 0 bridgehead atoms. The van der Waals surface area contributed by atoms with Gasteiger partial charge in [0.15, 0.2) is 29.3 Å². The van der Waals surface area contributed by atoms with E-state index >= 15 is 0 Å². The minimum atomic E-state index is -0.443. The number of carbonyl (C=O) groups is 1. The van der Waals surface area contributed by atoms with E-state index in [2.05, 4.69) is 15.3 Å². The Bertz CT molecular complexity index is 1640. The molecule has 0 saturated heterocycles. The molecule has 36 heavy (non-hydrogen) atoms. The van der Waals surface area contributed by atoms with Crippen LogP contribution in [0, 0.1) is 6.92 Å². The first-order chi connectivity index (χ1) is 17.5. The van der Waals surface area contributed by atoms with Gasteiger partial charge in [-0.2, -0.15) is 0 Å². The van der Waals surface area contributed by atoms with Crippen molar-refractivity contribution in [2.45, 2.75) is 6.92 Å². The Balaban J connectivity index is 1.41. The second kappa shape index (κ2) is 9.38. The van der Waals surface area contributed by atoms with Crippen LogP contribution in [0.25, 0.3) is 27.9 Å². The number of hydrogen-bond acceptors (Lipinski definition) is 7. The highest BCUT2D eigenvalue weighted by molar-refractivity contribution is 6.06. The smallest absolute Gasteiger partial charge is 0.278 e. The SMILES string of the molecule is COc1ccc(-c2ocnc2C(=O)Nc2ccc(-n3c(C)nc4ccccc4c3=O)cc2)cc1OC. The number of aromatic nitrogens is 3. The molecule has 1 amide bonds. The summed E-state index contributed by atoms with van der Waals surface area (Å²) in [6.45, 7) is 1.78. The maximum absolute atomic E-state index is 13.0. The lowest BCUT2D eigenvalue weighted by molar-refractivity contribution is 0.102. The highest BCUT2D eigenvalue weighted by Crippen LogP contribution is 2.33. The van der Waals surface area contributed by atoms with Gasteiger partial charge in [-0.25, -0.2) is 9.97 Å². The number of amides is 1. The molecule has 0 saturated carbocycles. The fourth-order valence-electron chi connectivity index (χ4n) is 4.02. The molecule has 0 fully saturated rings. The van der Waals surface area contributed by atoms with Crippen molar-refractivity contribution in [2.24, 2.45) is 0 Å². The van der Waals surface area contributed by atoms with Crippen molar-refractivity contribution in [3.63, 3.8) is 0 Å². The number of rotatable bonds is 6. The summed E-state index contributed by atoms with van der Waals surface area (Å²) < 4.78 is 17.7. The Morgan fingerprint density at radius 2 is 1.72 bits per heavy atom. The number of para-hydroxylation sites is 1. The van der Waals surface area contributed by atoms with E-state index in [1.54, 1.807) is 67.1 Å². The molecule has 5 aromatic rings. The average molecular weight is 482 g/mol. The van der Waals surface area contributed by atoms with Crippen LogP contribution < -0.4 is 20.3 Å². The first-order valence-electron chi connectivity index (χ1n) is 11.1. The van der Waals surface area contributed by atoms with Crippen molar-refractivity contribution in [2.75, 3.05) is 19.5 Å². The summed E-state index contributed by atoms with van der Waals surface area (Å²) in [5, 5.41) is 3.36. The minimum absolute atomic E-state index is 0.122. The van der Waals surface area contributed by atoms with Gasteiger partial charge in [0.2, 0.25) is 0 Å². The number of benzene rings is 3. The van der Waals surface area contributed by atoms with Crippen LogP contribution in [0.5, 0.6) is 11.5 Å². The molecule has 1 N–H and O–H groups in total. The number of nitrogens with one attached hydrogen (secondary N) is 1. The largest absolute Gasteiger partial charge is 0.493 e. The number of hydrogen-bond donors (Lipinski definition) is 1. The molecule has 0 radical (unpaired) electrons. The lowest BCUT2D eigenvalue weighted by atomic mass is 10.1. The number of aryl methyl sites for hydroxylation is 1. The molecule has 3 aromatic carbocycles. The number of methoxy groups -OCH3 is 2. The number of oxazole rings is 1. The van der Waals surface area contributed by atoms with E-state index in [1.165, 1.54) is 13.5 Å². The topological polar surface area (TPSA) is 108 Å². The number of anilines is 1. The van der Waals surface area contributed by atoms with Gasteiger partial charge in [0.05, 0.1) is 30.8 Å². The van der Waals surface area contributed by atoms with Gasteiger partial charge in [0.1, 0.15) is 5.82 Å². The highest BCUT2D eigenvalue weighted by Gasteiger charge is 2.20. The molecule has 9 heteroatoms. The van der Waals surface area contributed by atoms with Crippen molar-refractivity contribution in [3.05, 3.63) is 95.0 Å². The zero-order chi connectivity index (χ0) is 25.2. The zero-order valence-corrected chi connectivity index (χ0v) is 19.8. The van der Waals surface area contributed by atoms with Crippen molar-refractivity contribution >= 4 is 22.5 Å². The molecule has 0 spiro atoms. The standard InChI is InChI=1S/C27H22N4O5/c1-16-29-21-7-5-4-6-20(21)27(33)31(16)19-11-9-18(10-12-19)30-26(32)24-25(36-15-28-24)17-8-13-22(34-2)23(14-17)35-3/h4-15H,1-3H3,(H,30,32). The van der Waals surface area contributed by atoms with Gasteiger partial charge in [-0.1, -0.05) is 12.1 Å². The highest BCUT2D eigenvalue weighted by atomic mass is 16.5. The molecule has 180 valence electrons. The Hall–Kier alpha value is -4.92. The van der Waals surface area contributed by atoms with E-state index < -0.39 is 5.91 Å². The minimum Gasteiger partial charge on any atom is -0.493 e. The fourth-order valence-corrected chi connectivity index (χ4v) is 4.02. The van der Waals surface area contributed by atoms with Crippen molar-refractivity contribution < 1.29 is 18.7 Å². The molecule has 2 aromatic heterocycles. The second-order valence-corrected chi connectivity index (χ2v) is 7.92. The van der Waals surface area contributed by atoms with Crippen LogP contribution in [0.15, 0.2) is 82.3 Å². The summed E-state index contributed by atoms with van der Waals surface area (Å²) in [5.41, 5.74) is 2.40. The monoisotopic (exact) mass is 482 g/mol. The third-order valence-electron chi connectivity index (χ3n) is 5.76. The fraction of sp³-hybridized carbons (Fsp3) is 0.111. The van der Waals surface area contributed by atoms with E-state index in [-0.39, 0.29) is 11.3 Å². The normalized spacial score (nSPS) is 10.9. The van der Waals surface area contributed by atoms with Gasteiger partial charge in [-0.3, -0.25) is 14.2 Å². The maximum atomic E-state index is 13.0. The summed E-state index contributed by atoms with van der Waals surface area (Å²) in [6.07, 6.45) is 1.21. The van der Waals surface area contributed by atoms with E-state index in [9.17, 15) is 9.59 Å². The van der Waals surface area contributed by atoms with Gasteiger partial charge in [-0.05, 0) is 61.5 Å². The van der Waals surface area contributed by atoms with Crippen LogP contribution in [0.3, 0.4) is 0 Å². The van der Waals surface area contributed by atoms with E-state index in [4.69, 9.17) is 13.9 Å². The zero-order valence-electron chi connectivity index (χ0n) is 19.8. The maximum Gasteiger partial charge on any atom is 0.278 e. The van der Waals surface area contributed by atoms with Crippen LogP contribution in [0.4, 0.5) is 5.69 Å². The van der Waals surface area contributed by atoms with Gasteiger partial charge in [0.25, 0.3) is 11.5 Å². The molecule has 0 atom stereocenters. The molecular weight excluding hydrogens is 460 g/mol. The molecule has 5 rings (SSSR count). The van der Waals surface area contributed by atoms with Gasteiger partial charge in [-0.15, -0.1) is 0 Å². The number of fused-ring (bicyclic) bond motifs is 1. The quantitative estimate of drug-likeness (QED) is 0.376. The Morgan fingerprint density at radius 1 is 0.972 bits per heavy atom. The lowest BCUT2D eigenvalue weighted by Crippen LogP contribution is -2.22. The number of nitrogens with zero attached hydrogens (tertiary/aromatic N) is 3. The van der Waals surface area contributed by atoms with Crippen molar-refractivity contribution in [1.29, 1.82) is 0 Å². The number of carbonyl (C=O) groups excluding carboxylic acids is 1. The molecule has 0 aliphatic heterocycles. The molecule has 0 aliphatic carbocycles. The van der Waals surface area contributed by atoms with Gasteiger partial charge in [0, 0.05) is 11.3 Å². The summed E-state index contributed by atoms with van der Waals surface area (Å²) in [7, 11) is 3.08. The first-order valence-corrected chi connectivity index (χ1v) is 11.1. The first kappa shape index (κ1) is 22.9. The van der Waals surface area contributed by atoms with Gasteiger partial charge < -0.3 is 19.2 Å². The van der Waals surface area contributed by atoms with Crippen LogP contribution in [-0.4, -0.2) is 34.7 Å². The van der Waals surface area contributed by atoms with Crippen LogP contribution in [0.1, 0.15) is 16.3 Å². The third-order valence-corrected chi connectivity index (χ3v) is 5.76. The molecular formula is C27H22N4O5. The van der Waals surface area contributed by atoms with Crippen molar-refractivity contribution in [1.82, 2.24) is 14.5 Å².